The lowest BCUT2D eigenvalue weighted by atomic mass is 10.1. The van der Waals surface area contributed by atoms with Crippen LogP contribution in [0, 0.1) is 32.1 Å². The normalized spacial score (nSPS) is 8.33. The molecule has 0 saturated heterocycles. The predicted octanol–water partition coefficient (Wildman–Crippen LogP) is 1.29. The monoisotopic (exact) mass is 80.1 g/mol. The third kappa shape index (κ3) is 3.56. The van der Waals surface area contributed by atoms with E-state index in [1.54, 1.807) is 0 Å². The first-order valence-electron chi connectivity index (χ1n) is 1.87. The van der Waals surface area contributed by atoms with Gasteiger partial charge in [-0.2, -0.15) is 0 Å². The van der Waals surface area contributed by atoms with Crippen molar-refractivity contribution in [2.75, 3.05) is 0 Å². The Balaban J connectivity index is 2.88. The van der Waals surface area contributed by atoms with Crippen LogP contribution < -0.4 is 0 Å². The zero-order valence-electron chi connectivity index (χ0n) is 3.78. The largest absolute Gasteiger partial charge is 0.120 e. The summed E-state index contributed by atoms with van der Waals surface area (Å²) in [6.07, 6.45) is 5.58. The molecule has 0 heteroatoms. The van der Waals surface area contributed by atoms with Gasteiger partial charge < -0.3 is 0 Å². The van der Waals surface area contributed by atoms with Gasteiger partial charge in [-0.25, -0.2) is 0 Å². The van der Waals surface area contributed by atoms with Gasteiger partial charge >= 0.3 is 0 Å². The summed E-state index contributed by atoms with van der Waals surface area (Å²) in [5.74, 6) is 2.60. The molecule has 0 aromatic heterocycles. The number of hydrogen-bond acceptors (Lipinski definition) is 0. The quantitative estimate of drug-likeness (QED) is 0.416. The lowest BCUT2D eigenvalue weighted by Gasteiger charge is -1.89. The van der Waals surface area contributed by atoms with Crippen LogP contribution in [0.3, 0.4) is 0 Å². The molecule has 0 aliphatic rings. The van der Waals surface area contributed by atoms with Crippen molar-refractivity contribution < 1.29 is 0 Å². The van der Waals surface area contributed by atoms with Gasteiger partial charge in [0.05, 0.1) is 0 Å². The van der Waals surface area contributed by atoms with Gasteiger partial charge in [0, 0.05) is 6.42 Å². The van der Waals surface area contributed by atoms with Crippen molar-refractivity contribution in [2.45, 2.75) is 6.42 Å². The smallest absolute Gasteiger partial charge is 0.0114 e. The SMILES string of the molecule is C#CCC([CH2])[CH2]. The van der Waals surface area contributed by atoms with E-state index in [4.69, 9.17) is 6.42 Å². The molecule has 0 unspecified atom stereocenters. The molecule has 32 valence electrons. The minimum Gasteiger partial charge on any atom is -0.120 e. The highest BCUT2D eigenvalue weighted by Crippen LogP contribution is 1.92. The van der Waals surface area contributed by atoms with Crippen molar-refractivity contribution in [2.24, 2.45) is 5.92 Å². The van der Waals surface area contributed by atoms with Gasteiger partial charge in [-0.3, -0.25) is 0 Å². The fourth-order valence-electron chi connectivity index (χ4n) is 0.167. The van der Waals surface area contributed by atoms with E-state index in [1.807, 2.05) is 0 Å². The molecule has 0 aliphatic carbocycles. The van der Waals surface area contributed by atoms with E-state index in [2.05, 4.69) is 19.8 Å². The molecule has 0 aromatic rings. The molecule has 6 heavy (non-hydrogen) atoms. The summed E-state index contributed by atoms with van der Waals surface area (Å²) in [6.45, 7) is 7.15. The minimum absolute atomic E-state index is 0.162. The van der Waals surface area contributed by atoms with Crippen LogP contribution in [0.4, 0.5) is 0 Å². The molecule has 0 aromatic carbocycles. The van der Waals surface area contributed by atoms with Crippen LogP contribution in [-0.4, -0.2) is 0 Å². The molecule has 0 aliphatic heterocycles. The van der Waals surface area contributed by atoms with Crippen molar-refractivity contribution in [3.63, 3.8) is 0 Å². The number of terminal acetylenes is 1. The Hall–Kier alpha value is -0.440. The molecule has 0 rings (SSSR count). The topological polar surface area (TPSA) is 0 Å². The Bertz CT molecular complexity index is 54.9. The van der Waals surface area contributed by atoms with Crippen molar-refractivity contribution in [3.8, 4) is 12.3 Å². The average molecular weight is 80.1 g/mol. The Kier molecular flexibility index (Phi) is 2.58. The van der Waals surface area contributed by atoms with E-state index in [-0.39, 0.29) is 5.92 Å². The highest BCUT2D eigenvalue weighted by molar-refractivity contribution is 4.88. The summed E-state index contributed by atoms with van der Waals surface area (Å²) in [4.78, 5) is 0. The van der Waals surface area contributed by atoms with E-state index in [0.717, 1.165) is 0 Å². The van der Waals surface area contributed by atoms with Gasteiger partial charge in [0.2, 0.25) is 0 Å². The lowest BCUT2D eigenvalue weighted by molar-refractivity contribution is 0.843. The van der Waals surface area contributed by atoms with Crippen LogP contribution in [0.15, 0.2) is 0 Å². The molecule has 2 radical (unpaired) electrons. The summed E-state index contributed by atoms with van der Waals surface area (Å²) in [5.41, 5.74) is 0. The Morgan fingerprint density at radius 3 is 2.17 bits per heavy atom. The first-order chi connectivity index (χ1) is 2.77. The van der Waals surface area contributed by atoms with Gasteiger partial charge in [-0.1, -0.05) is 0 Å². The second-order valence-electron chi connectivity index (χ2n) is 1.27. The third-order valence-corrected chi connectivity index (χ3v) is 0.407. The Labute approximate surface area is 39.6 Å². The molecular formula is C6H8. The van der Waals surface area contributed by atoms with Gasteiger partial charge in [0.25, 0.3) is 0 Å². The molecular weight excluding hydrogens is 72.1 g/mol. The molecule has 0 N–H and O–H groups in total. The van der Waals surface area contributed by atoms with E-state index < -0.39 is 0 Å². The molecule has 0 fully saturated rings. The van der Waals surface area contributed by atoms with Crippen LogP contribution in [0.1, 0.15) is 6.42 Å². The molecule has 0 heterocycles. The standard InChI is InChI=1S/C6H8/c1-4-5-6(2)3/h1,6H,2-3,5H2. The Morgan fingerprint density at radius 2 is 2.17 bits per heavy atom. The average Bonchev–Trinajstić information content (AvgIpc) is 1.35. The zero-order chi connectivity index (χ0) is 4.99. The van der Waals surface area contributed by atoms with Crippen LogP contribution >= 0.6 is 0 Å². The Morgan fingerprint density at radius 1 is 1.67 bits per heavy atom. The number of hydrogen-bond donors (Lipinski definition) is 0. The summed E-state index contributed by atoms with van der Waals surface area (Å²) in [7, 11) is 0. The highest BCUT2D eigenvalue weighted by Gasteiger charge is 1.83. The minimum atomic E-state index is 0.162. The van der Waals surface area contributed by atoms with Crippen LogP contribution in [0.2, 0.25) is 0 Å². The third-order valence-electron chi connectivity index (χ3n) is 0.407. The fourth-order valence-corrected chi connectivity index (χ4v) is 0.167. The second kappa shape index (κ2) is 2.78. The van der Waals surface area contributed by atoms with E-state index >= 15 is 0 Å². The summed E-state index contributed by atoms with van der Waals surface area (Å²) in [5, 5.41) is 0. The van der Waals surface area contributed by atoms with Crippen molar-refractivity contribution in [1.82, 2.24) is 0 Å². The highest BCUT2D eigenvalue weighted by atomic mass is 13.9. The lowest BCUT2D eigenvalue weighted by Crippen LogP contribution is -1.81. The summed E-state index contributed by atoms with van der Waals surface area (Å²) < 4.78 is 0. The van der Waals surface area contributed by atoms with Crippen LogP contribution in [0.25, 0.3) is 0 Å². The van der Waals surface area contributed by atoms with Crippen molar-refractivity contribution in [3.05, 3.63) is 13.8 Å². The molecule has 0 bridgehead atoms. The maximum absolute atomic E-state index is 4.90. The van der Waals surface area contributed by atoms with Crippen molar-refractivity contribution >= 4 is 0 Å². The van der Waals surface area contributed by atoms with Crippen molar-refractivity contribution in [1.29, 1.82) is 0 Å². The number of rotatable bonds is 1. The first kappa shape index (κ1) is 5.56. The molecule has 0 nitrogen and oxygen atoms in total. The molecule has 0 spiro atoms. The van der Waals surface area contributed by atoms with Gasteiger partial charge in [0.15, 0.2) is 0 Å². The van der Waals surface area contributed by atoms with Gasteiger partial charge in [-0.05, 0) is 19.8 Å². The second-order valence-corrected chi connectivity index (χ2v) is 1.27. The van der Waals surface area contributed by atoms with E-state index in [9.17, 15) is 0 Å². The van der Waals surface area contributed by atoms with Gasteiger partial charge in [0.1, 0.15) is 0 Å². The molecule has 0 saturated carbocycles. The fraction of sp³-hybridized carbons (Fsp3) is 0.333. The van der Waals surface area contributed by atoms with E-state index in [0.29, 0.717) is 6.42 Å². The van der Waals surface area contributed by atoms with E-state index in [1.165, 1.54) is 0 Å². The maximum atomic E-state index is 4.90. The van der Waals surface area contributed by atoms with Crippen LogP contribution in [0.5, 0.6) is 0 Å². The molecule has 0 atom stereocenters. The van der Waals surface area contributed by atoms with Gasteiger partial charge in [-0.15, -0.1) is 12.3 Å². The predicted molar refractivity (Wildman–Crippen MR) is 27.7 cm³/mol. The maximum Gasteiger partial charge on any atom is 0.0114 e. The summed E-state index contributed by atoms with van der Waals surface area (Å²) in [6, 6.07) is 0. The van der Waals surface area contributed by atoms with Crippen LogP contribution in [-0.2, 0) is 0 Å². The summed E-state index contributed by atoms with van der Waals surface area (Å²) >= 11 is 0. The first-order valence-corrected chi connectivity index (χ1v) is 1.87. The molecule has 0 amide bonds. The zero-order valence-corrected chi connectivity index (χ0v) is 3.78.